The number of ether oxygens (including phenoxy) is 2. The van der Waals surface area contributed by atoms with Gasteiger partial charge in [0, 0.05) is 12.1 Å². The third-order valence-corrected chi connectivity index (χ3v) is 5.57. The number of nitrogens with zero attached hydrogens (tertiary/aromatic N) is 2. The molecular weight excluding hydrogens is 510 g/mol. The van der Waals surface area contributed by atoms with Gasteiger partial charge in [-0.2, -0.15) is 0 Å². The van der Waals surface area contributed by atoms with E-state index in [1.807, 2.05) is 0 Å². The molecule has 0 bridgehead atoms. The maximum atomic E-state index is 13.1. The van der Waals surface area contributed by atoms with E-state index in [0.717, 1.165) is 11.6 Å². The molecule has 1 aliphatic rings. The molecule has 4 rings (SSSR count). The first-order chi connectivity index (χ1) is 18.7. The number of carboxylic acid groups (broad SMARTS) is 1. The van der Waals surface area contributed by atoms with Crippen molar-refractivity contribution in [2.45, 2.75) is 13.5 Å². The van der Waals surface area contributed by atoms with Gasteiger partial charge < -0.3 is 14.6 Å². The second-order valence-corrected chi connectivity index (χ2v) is 8.16. The Hall–Kier alpha value is -5.52. The molecule has 3 aromatic carbocycles. The van der Waals surface area contributed by atoms with Crippen LogP contribution in [0.25, 0.3) is 6.08 Å². The molecule has 198 valence electrons. The summed E-state index contributed by atoms with van der Waals surface area (Å²) < 4.78 is 11.5. The Morgan fingerprint density at radius 3 is 2.44 bits per heavy atom. The van der Waals surface area contributed by atoms with E-state index in [0.29, 0.717) is 22.0 Å². The summed E-state index contributed by atoms with van der Waals surface area (Å²) in [4.78, 5) is 60.2. The van der Waals surface area contributed by atoms with Gasteiger partial charge >= 0.3 is 12.0 Å². The van der Waals surface area contributed by atoms with E-state index < -0.39 is 28.7 Å². The van der Waals surface area contributed by atoms with E-state index in [1.54, 1.807) is 37.3 Å². The molecule has 1 heterocycles. The Balaban J connectivity index is 1.59. The number of hydrogen-bond acceptors (Lipinski definition) is 8. The Morgan fingerprint density at radius 1 is 1.03 bits per heavy atom. The van der Waals surface area contributed by atoms with Crippen molar-refractivity contribution in [3.63, 3.8) is 0 Å². The van der Waals surface area contributed by atoms with E-state index in [1.165, 1.54) is 36.4 Å². The summed E-state index contributed by atoms with van der Waals surface area (Å²) in [5, 5.41) is 22.2. The lowest BCUT2D eigenvalue weighted by Crippen LogP contribution is -2.54. The van der Waals surface area contributed by atoms with Crippen LogP contribution in [0, 0.1) is 10.1 Å². The van der Waals surface area contributed by atoms with Crippen LogP contribution in [0.2, 0.25) is 0 Å². The van der Waals surface area contributed by atoms with Gasteiger partial charge in [-0.05, 0) is 54.5 Å². The minimum Gasteiger partial charge on any atom is -0.490 e. The summed E-state index contributed by atoms with van der Waals surface area (Å²) in [5.74, 6) is -2.21. The smallest absolute Gasteiger partial charge is 0.335 e. The van der Waals surface area contributed by atoms with Gasteiger partial charge in [0.15, 0.2) is 11.5 Å². The number of barbiturate groups is 1. The van der Waals surface area contributed by atoms with Crippen LogP contribution in [0.1, 0.15) is 28.4 Å². The normalized spacial score (nSPS) is 14.2. The van der Waals surface area contributed by atoms with Gasteiger partial charge in [-0.25, -0.2) is 14.5 Å². The van der Waals surface area contributed by atoms with Crippen molar-refractivity contribution in [3.05, 3.63) is 99.1 Å². The number of carboxylic acids is 1. The van der Waals surface area contributed by atoms with Crippen LogP contribution in [-0.4, -0.2) is 40.5 Å². The fraction of sp³-hybridized carbons (Fsp3) is 0.111. The summed E-state index contributed by atoms with van der Waals surface area (Å²) in [6.45, 7) is 2.18. The third-order valence-electron chi connectivity index (χ3n) is 5.57. The fourth-order valence-corrected chi connectivity index (χ4v) is 3.71. The van der Waals surface area contributed by atoms with E-state index in [9.17, 15) is 29.3 Å². The predicted molar refractivity (Wildman–Crippen MR) is 137 cm³/mol. The number of amides is 4. The first-order valence-corrected chi connectivity index (χ1v) is 11.6. The van der Waals surface area contributed by atoms with Crippen LogP contribution in [0.3, 0.4) is 0 Å². The zero-order valence-corrected chi connectivity index (χ0v) is 20.5. The van der Waals surface area contributed by atoms with Crippen LogP contribution >= 0.6 is 0 Å². The second kappa shape index (κ2) is 11.3. The van der Waals surface area contributed by atoms with Gasteiger partial charge in [-0.15, -0.1) is 0 Å². The van der Waals surface area contributed by atoms with Gasteiger partial charge in [0.05, 0.1) is 22.8 Å². The first kappa shape index (κ1) is 26.5. The predicted octanol–water partition coefficient (Wildman–Crippen LogP) is 3.94. The van der Waals surface area contributed by atoms with Crippen molar-refractivity contribution in [2.24, 2.45) is 0 Å². The molecule has 4 amide bonds. The number of aromatic carboxylic acids is 1. The molecule has 0 aliphatic carbocycles. The molecule has 0 unspecified atom stereocenters. The highest BCUT2D eigenvalue weighted by molar-refractivity contribution is 6.39. The van der Waals surface area contributed by atoms with E-state index in [-0.39, 0.29) is 35.7 Å². The highest BCUT2D eigenvalue weighted by Crippen LogP contribution is 2.31. The average Bonchev–Trinajstić information content (AvgIpc) is 2.91. The maximum Gasteiger partial charge on any atom is 0.335 e. The van der Waals surface area contributed by atoms with Crippen LogP contribution in [0.4, 0.5) is 16.2 Å². The lowest BCUT2D eigenvalue weighted by Gasteiger charge is -2.26. The minimum absolute atomic E-state index is 0.0692. The number of anilines is 1. The largest absolute Gasteiger partial charge is 0.490 e. The number of non-ortho nitro benzene ring substituents is 1. The van der Waals surface area contributed by atoms with E-state index >= 15 is 0 Å². The van der Waals surface area contributed by atoms with Gasteiger partial charge in [0.2, 0.25) is 0 Å². The third kappa shape index (κ3) is 5.91. The molecule has 3 aromatic rings. The summed E-state index contributed by atoms with van der Waals surface area (Å²) in [6, 6.07) is 14.8. The number of hydrogen-bond donors (Lipinski definition) is 2. The van der Waals surface area contributed by atoms with Crippen LogP contribution in [-0.2, 0) is 16.2 Å². The van der Waals surface area contributed by atoms with Crippen LogP contribution < -0.4 is 19.7 Å². The molecule has 1 saturated heterocycles. The van der Waals surface area contributed by atoms with Gasteiger partial charge in [0.1, 0.15) is 12.2 Å². The van der Waals surface area contributed by atoms with Crippen molar-refractivity contribution in [1.29, 1.82) is 0 Å². The lowest BCUT2D eigenvalue weighted by atomic mass is 10.1. The number of nitrogens with one attached hydrogen (secondary N) is 1. The molecule has 0 aromatic heterocycles. The number of carbonyl (C=O) groups is 4. The lowest BCUT2D eigenvalue weighted by molar-refractivity contribution is -0.384. The van der Waals surface area contributed by atoms with E-state index in [2.05, 4.69) is 5.32 Å². The molecule has 0 saturated carbocycles. The first-order valence-electron chi connectivity index (χ1n) is 11.6. The molecule has 12 heteroatoms. The molecule has 1 fully saturated rings. The number of benzene rings is 3. The topological polar surface area (TPSA) is 165 Å². The highest BCUT2D eigenvalue weighted by atomic mass is 16.6. The van der Waals surface area contributed by atoms with Crippen LogP contribution in [0.5, 0.6) is 11.5 Å². The quantitative estimate of drug-likeness (QED) is 0.180. The molecule has 1 aliphatic heterocycles. The summed E-state index contributed by atoms with van der Waals surface area (Å²) in [6.07, 6.45) is 1.27. The summed E-state index contributed by atoms with van der Waals surface area (Å²) >= 11 is 0. The van der Waals surface area contributed by atoms with Crippen molar-refractivity contribution >= 4 is 41.3 Å². The number of nitro groups is 1. The average molecular weight is 531 g/mol. The van der Waals surface area contributed by atoms with Crippen molar-refractivity contribution in [2.75, 3.05) is 11.5 Å². The van der Waals surface area contributed by atoms with Crippen molar-refractivity contribution < 1.29 is 38.7 Å². The fourth-order valence-electron chi connectivity index (χ4n) is 3.71. The standard InChI is InChI=1S/C27H21N3O9/c1-2-38-23-13-17(8-11-22(23)39-15-16-6-9-18(10-7-16)26(33)34)12-21-24(31)28-27(35)29(25(21)32)19-4-3-5-20(14-19)30(36)37/h3-14H,2,15H2,1H3,(H,33,34)(H,28,31,35)/b21-12+. The zero-order valence-electron chi connectivity index (χ0n) is 20.5. The monoisotopic (exact) mass is 531 g/mol. The van der Waals surface area contributed by atoms with Crippen LogP contribution in [0.15, 0.2) is 72.3 Å². The highest BCUT2D eigenvalue weighted by Gasteiger charge is 2.37. The molecule has 0 atom stereocenters. The number of nitro benzene ring substituents is 1. The Labute approximate surface area is 221 Å². The molecule has 12 nitrogen and oxygen atoms in total. The van der Waals surface area contributed by atoms with Crippen molar-refractivity contribution in [3.8, 4) is 11.5 Å². The number of rotatable bonds is 9. The number of urea groups is 1. The Bertz CT molecular complexity index is 1510. The SMILES string of the molecule is CCOc1cc(/C=C2\C(=O)NC(=O)N(c3cccc([N+](=O)[O-])c3)C2=O)ccc1OCc1ccc(C(=O)O)cc1. The number of imide groups is 2. The summed E-state index contributed by atoms with van der Waals surface area (Å²) in [7, 11) is 0. The van der Waals surface area contributed by atoms with Gasteiger partial charge in [-0.3, -0.25) is 25.0 Å². The second-order valence-electron chi connectivity index (χ2n) is 8.16. The summed E-state index contributed by atoms with van der Waals surface area (Å²) in [5.41, 5.74) is 0.506. The molecule has 0 radical (unpaired) electrons. The molecule has 0 spiro atoms. The molecule has 2 N–H and O–H groups in total. The Morgan fingerprint density at radius 2 is 1.77 bits per heavy atom. The maximum absolute atomic E-state index is 13.1. The van der Waals surface area contributed by atoms with Gasteiger partial charge in [-0.1, -0.05) is 24.3 Å². The van der Waals surface area contributed by atoms with E-state index in [4.69, 9.17) is 14.6 Å². The zero-order chi connectivity index (χ0) is 28.1. The minimum atomic E-state index is -1.03. The Kier molecular flexibility index (Phi) is 7.66. The molecule has 39 heavy (non-hydrogen) atoms. The number of carbonyl (C=O) groups excluding carboxylic acids is 3. The van der Waals surface area contributed by atoms with Gasteiger partial charge in [0.25, 0.3) is 17.5 Å². The molecular formula is C27H21N3O9. The van der Waals surface area contributed by atoms with Crippen molar-refractivity contribution in [1.82, 2.24) is 5.32 Å².